The average molecular weight is 423 g/mol. The molecule has 1 unspecified atom stereocenters. The fourth-order valence-corrected chi connectivity index (χ4v) is 4.33. The first kappa shape index (κ1) is 18.9. The van der Waals surface area contributed by atoms with Gasteiger partial charge in [0.15, 0.2) is 0 Å². The fourth-order valence-electron chi connectivity index (χ4n) is 3.89. The van der Waals surface area contributed by atoms with Crippen molar-refractivity contribution in [2.24, 2.45) is 5.92 Å². The van der Waals surface area contributed by atoms with Gasteiger partial charge in [0.2, 0.25) is 11.8 Å². The molecular weight excluding hydrogens is 400 g/mol. The van der Waals surface area contributed by atoms with Crippen LogP contribution < -0.4 is 0 Å². The molecule has 2 fully saturated rings. The van der Waals surface area contributed by atoms with E-state index in [1.165, 1.54) is 4.90 Å². The second-order valence-electron chi connectivity index (χ2n) is 7.02. The van der Waals surface area contributed by atoms with Crippen LogP contribution in [-0.2, 0) is 20.9 Å². The summed E-state index contributed by atoms with van der Waals surface area (Å²) in [6, 6.07) is 6.78. The maximum atomic E-state index is 12.9. The molecule has 0 bridgehead atoms. The van der Waals surface area contributed by atoms with Gasteiger partial charge in [-0.25, -0.2) is 0 Å². The molecule has 1 aliphatic heterocycles. The van der Waals surface area contributed by atoms with Crippen LogP contribution in [0.5, 0.6) is 0 Å². The second-order valence-corrected chi connectivity index (χ2v) is 7.93. The van der Waals surface area contributed by atoms with Crippen molar-refractivity contribution >= 4 is 33.7 Å². The number of hydrogen-bond acceptors (Lipinski definition) is 3. The summed E-state index contributed by atoms with van der Waals surface area (Å²) in [6.45, 7) is 1.24. The number of rotatable bonds is 5. The van der Waals surface area contributed by atoms with Crippen LogP contribution in [0.15, 0.2) is 28.7 Å². The van der Waals surface area contributed by atoms with E-state index in [1.807, 2.05) is 24.3 Å². The zero-order valence-electron chi connectivity index (χ0n) is 14.6. The van der Waals surface area contributed by atoms with Crippen molar-refractivity contribution in [1.82, 2.24) is 9.80 Å². The molecule has 1 aromatic carbocycles. The predicted octanol–water partition coefficient (Wildman–Crippen LogP) is 2.65. The summed E-state index contributed by atoms with van der Waals surface area (Å²) >= 11 is 3.42. The van der Waals surface area contributed by atoms with E-state index in [4.69, 9.17) is 0 Å². The zero-order valence-corrected chi connectivity index (χ0v) is 16.2. The maximum absolute atomic E-state index is 12.9. The molecule has 1 heterocycles. The smallest absolute Gasteiger partial charge is 0.305 e. The number of aliphatic carboxylic acids is 1. The predicted molar refractivity (Wildman–Crippen MR) is 99.3 cm³/mol. The SMILES string of the molecule is O=C(O)CC1C(=O)N(Cc2cccc(Br)c2)CCN1C(=O)C1CCCC1. The Morgan fingerprint density at radius 3 is 2.58 bits per heavy atom. The van der Waals surface area contributed by atoms with Gasteiger partial charge in [0.25, 0.3) is 0 Å². The summed E-state index contributed by atoms with van der Waals surface area (Å²) in [7, 11) is 0. The molecule has 6 nitrogen and oxygen atoms in total. The van der Waals surface area contributed by atoms with Gasteiger partial charge in [0.1, 0.15) is 6.04 Å². The van der Waals surface area contributed by atoms with Crippen LogP contribution in [0.4, 0.5) is 0 Å². The number of benzene rings is 1. The van der Waals surface area contributed by atoms with Crippen LogP contribution in [-0.4, -0.2) is 51.8 Å². The summed E-state index contributed by atoms with van der Waals surface area (Å²) in [4.78, 5) is 40.2. The zero-order chi connectivity index (χ0) is 18.7. The molecule has 140 valence electrons. The fraction of sp³-hybridized carbons (Fsp3) is 0.526. The summed E-state index contributed by atoms with van der Waals surface area (Å²) < 4.78 is 0.930. The number of carbonyl (C=O) groups excluding carboxylic acids is 2. The molecule has 1 saturated heterocycles. The number of amides is 2. The molecule has 2 aliphatic rings. The standard InChI is InChI=1S/C19H23BrN2O4/c20-15-7-3-4-13(10-15)12-21-8-9-22(16(19(21)26)11-17(23)24)18(25)14-5-1-2-6-14/h3-4,7,10,14,16H,1-2,5-6,8-9,11-12H2,(H,23,24). The molecule has 1 atom stereocenters. The minimum atomic E-state index is -1.06. The van der Waals surface area contributed by atoms with E-state index in [0.29, 0.717) is 19.6 Å². The Morgan fingerprint density at radius 2 is 1.92 bits per heavy atom. The maximum Gasteiger partial charge on any atom is 0.305 e. The van der Waals surface area contributed by atoms with Crippen molar-refractivity contribution in [3.05, 3.63) is 34.3 Å². The quantitative estimate of drug-likeness (QED) is 0.790. The van der Waals surface area contributed by atoms with Gasteiger partial charge in [-0.05, 0) is 30.5 Å². The lowest BCUT2D eigenvalue weighted by Crippen LogP contribution is -2.59. The lowest BCUT2D eigenvalue weighted by molar-refractivity contribution is -0.157. The molecule has 0 radical (unpaired) electrons. The number of carboxylic acids is 1. The molecule has 26 heavy (non-hydrogen) atoms. The van der Waals surface area contributed by atoms with Gasteiger partial charge in [0, 0.05) is 30.0 Å². The Kier molecular flexibility index (Phi) is 5.96. The summed E-state index contributed by atoms with van der Waals surface area (Å²) in [6.07, 6.45) is 3.38. The Bertz CT molecular complexity index is 703. The van der Waals surface area contributed by atoms with E-state index in [2.05, 4.69) is 15.9 Å². The Hall–Kier alpha value is -1.89. The highest BCUT2D eigenvalue weighted by Gasteiger charge is 2.41. The Labute approximate surface area is 161 Å². The van der Waals surface area contributed by atoms with Crippen molar-refractivity contribution in [2.45, 2.75) is 44.7 Å². The van der Waals surface area contributed by atoms with Gasteiger partial charge in [0.05, 0.1) is 6.42 Å². The summed E-state index contributed by atoms with van der Waals surface area (Å²) in [5.74, 6) is -1.44. The highest BCUT2D eigenvalue weighted by atomic mass is 79.9. The third-order valence-electron chi connectivity index (χ3n) is 5.20. The van der Waals surface area contributed by atoms with Crippen molar-refractivity contribution < 1.29 is 19.5 Å². The third kappa shape index (κ3) is 4.26. The monoisotopic (exact) mass is 422 g/mol. The number of nitrogens with zero attached hydrogens (tertiary/aromatic N) is 2. The Morgan fingerprint density at radius 1 is 1.19 bits per heavy atom. The van der Waals surface area contributed by atoms with Gasteiger partial charge in [-0.15, -0.1) is 0 Å². The van der Waals surface area contributed by atoms with Crippen LogP contribution >= 0.6 is 15.9 Å². The molecule has 1 N–H and O–H groups in total. The van der Waals surface area contributed by atoms with Crippen LogP contribution in [0, 0.1) is 5.92 Å². The van der Waals surface area contributed by atoms with Crippen LogP contribution in [0.1, 0.15) is 37.7 Å². The minimum Gasteiger partial charge on any atom is -0.481 e. The largest absolute Gasteiger partial charge is 0.481 e. The number of carbonyl (C=O) groups is 3. The molecule has 1 aromatic rings. The Balaban J connectivity index is 1.75. The van der Waals surface area contributed by atoms with Gasteiger partial charge >= 0.3 is 5.97 Å². The average Bonchev–Trinajstić information content (AvgIpc) is 3.12. The normalized spacial score (nSPS) is 21.3. The van der Waals surface area contributed by atoms with Gasteiger partial charge < -0.3 is 14.9 Å². The number of carboxylic acid groups (broad SMARTS) is 1. The molecule has 0 spiro atoms. The second kappa shape index (κ2) is 8.20. The molecule has 1 aliphatic carbocycles. The first-order chi connectivity index (χ1) is 12.5. The first-order valence-electron chi connectivity index (χ1n) is 9.01. The topological polar surface area (TPSA) is 77.9 Å². The van der Waals surface area contributed by atoms with Gasteiger partial charge in [-0.1, -0.05) is 40.9 Å². The van der Waals surface area contributed by atoms with E-state index < -0.39 is 12.0 Å². The highest BCUT2D eigenvalue weighted by Crippen LogP contribution is 2.29. The lowest BCUT2D eigenvalue weighted by Gasteiger charge is -2.41. The summed E-state index contributed by atoms with van der Waals surface area (Å²) in [5, 5.41) is 9.25. The highest BCUT2D eigenvalue weighted by molar-refractivity contribution is 9.10. The first-order valence-corrected chi connectivity index (χ1v) is 9.80. The molecule has 7 heteroatoms. The van der Waals surface area contributed by atoms with Gasteiger partial charge in [-0.2, -0.15) is 0 Å². The molecule has 3 rings (SSSR count). The van der Waals surface area contributed by atoms with E-state index in [9.17, 15) is 19.5 Å². The van der Waals surface area contributed by atoms with Crippen LogP contribution in [0.25, 0.3) is 0 Å². The lowest BCUT2D eigenvalue weighted by atomic mass is 10.0. The van der Waals surface area contributed by atoms with E-state index in [-0.39, 0.29) is 24.2 Å². The molecule has 1 saturated carbocycles. The van der Waals surface area contributed by atoms with E-state index >= 15 is 0 Å². The molecular formula is C19H23BrN2O4. The van der Waals surface area contributed by atoms with E-state index in [1.54, 1.807) is 4.90 Å². The van der Waals surface area contributed by atoms with Crippen LogP contribution in [0.3, 0.4) is 0 Å². The van der Waals surface area contributed by atoms with Crippen molar-refractivity contribution in [1.29, 1.82) is 0 Å². The minimum absolute atomic E-state index is 0.0517. The summed E-state index contributed by atoms with van der Waals surface area (Å²) in [5.41, 5.74) is 0.970. The third-order valence-corrected chi connectivity index (χ3v) is 5.69. The molecule has 2 amide bonds. The van der Waals surface area contributed by atoms with Crippen molar-refractivity contribution in [3.8, 4) is 0 Å². The number of halogens is 1. The molecule has 0 aromatic heterocycles. The van der Waals surface area contributed by atoms with Crippen molar-refractivity contribution in [3.63, 3.8) is 0 Å². The van der Waals surface area contributed by atoms with Crippen LogP contribution in [0.2, 0.25) is 0 Å². The van der Waals surface area contributed by atoms with Gasteiger partial charge in [-0.3, -0.25) is 14.4 Å². The number of piperazine rings is 1. The van der Waals surface area contributed by atoms with Crippen molar-refractivity contribution in [2.75, 3.05) is 13.1 Å². The van der Waals surface area contributed by atoms with E-state index in [0.717, 1.165) is 35.7 Å². The number of hydrogen-bond donors (Lipinski definition) is 1.